The molecule has 0 aliphatic carbocycles. The van der Waals surface area contributed by atoms with Crippen molar-refractivity contribution >= 4 is 11.8 Å². The molecule has 18 heavy (non-hydrogen) atoms. The van der Waals surface area contributed by atoms with E-state index in [-0.39, 0.29) is 6.04 Å². The molecule has 1 N–H and O–H groups in total. The van der Waals surface area contributed by atoms with Gasteiger partial charge in [0.25, 0.3) is 0 Å². The van der Waals surface area contributed by atoms with Crippen LogP contribution in [0.1, 0.15) is 57.8 Å². The Morgan fingerprint density at radius 2 is 2.39 bits per heavy atom. The van der Waals surface area contributed by atoms with E-state index >= 15 is 0 Å². The Labute approximate surface area is 113 Å². The lowest BCUT2D eigenvalue weighted by atomic mass is 9.94. The predicted molar refractivity (Wildman–Crippen MR) is 74.5 cm³/mol. The predicted octanol–water partition coefficient (Wildman–Crippen LogP) is 3.16. The average Bonchev–Trinajstić information content (AvgIpc) is 2.84. The Morgan fingerprint density at radius 3 is 3.11 bits per heavy atom. The molecule has 0 amide bonds. The molecule has 1 aliphatic rings. The zero-order valence-electron chi connectivity index (χ0n) is 11.5. The summed E-state index contributed by atoms with van der Waals surface area (Å²) in [4.78, 5) is 4.51. The van der Waals surface area contributed by atoms with Gasteiger partial charge in [0.15, 0.2) is 5.82 Å². The molecule has 2 heterocycles. The van der Waals surface area contributed by atoms with Gasteiger partial charge in [-0.05, 0) is 31.7 Å². The number of hydrogen-bond acceptors (Lipinski definition) is 5. The molecule has 3 atom stereocenters. The van der Waals surface area contributed by atoms with Gasteiger partial charge in [-0.15, -0.1) is 0 Å². The highest BCUT2D eigenvalue weighted by molar-refractivity contribution is 7.99. The summed E-state index contributed by atoms with van der Waals surface area (Å²) in [5, 5.41) is 8.18. The molecule has 5 heteroatoms. The van der Waals surface area contributed by atoms with Gasteiger partial charge in [-0.1, -0.05) is 25.9 Å². The van der Waals surface area contributed by atoms with Crippen molar-refractivity contribution in [2.75, 3.05) is 6.54 Å². The van der Waals surface area contributed by atoms with Crippen molar-refractivity contribution in [3.8, 4) is 0 Å². The molecule has 0 radical (unpaired) electrons. The van der Waals surface area contributed by atoms with Crippen LogP contribution in [0, 0.1) is 5.92 Å². The Hall–Kier alpha value is -0.550. The van der Waals surface area contributed by atoms with E-state index in [1.54, 1.807) is 0 Å². The highest BCUT2D eigenvalue weighted by atomic mass is 32.2. The molecule has 3 unspecified atom stereocenters. The van der Waals surface area contributed by atoms with Crippen molar-refractivity contribution in [1.29, 1.82) is 0 Å². The molecular weight excluding hydrogens is 246 g/mol. The number of nitrogens with zero attached hydrogens (tertiary/aromatic N) is 2. The van der Waals surface area contributed by atoms with E-state index in [0.29, 0.717) is 5.25 Å². The van der Waals surface area contributed by atoms with Crippen molar-refractivity contribution in [1.82, 2.24) is 15.5 Å². The fraction of sp³-hybridized carbons (Fsp3) is 0.846. The lowest BCUT2D eigenvalue weighted by molar-refractivity contribution is 0.259. The van der Waals surface area contributed by atoms with Crippen molar-refractivity contribution in [3.63, 3.8) is 0 Å². The van der Waals surface area contributed by atoms with Crippen molar-refractivity contribution in [2.45, 2.75) is 57.1 Å². The summed E-state index contributed by atoms with van der Waals surface area (Å²) >= 11 is 1.88. The first-order valence-corrected chi connectivity index (χ1v) is 7.91. The summed E-state index contributed by atoms with van der Waals surface area (Å²) in [6.07, 6.45) is 3.51. The average molecular weight is 269 g/mol. The van der Waals surface area contributed by atoms with Gasteiger partial charge in [0.2, 0.25) is 5.89 Å². The zero-order chi connectivity index (χ0) is 13.0. The number of thioether (sulfide) groups is 1. The number of hydrogen-bond donors (Lipinski definition) is 1. The Bertz CT molecular complexity index is 369. The maximum absolute atomic E-state index is 5.38. The molecule has 4 nitrogen and oxygen atoms in total. The Balaban J connectivity index is 1.89. The lowest BCUT2D eigenvalue weighted by Crippen LogP contribution is -2.30. The lowest BCUT2D eigenvalue weighted by Gasteiger charge is -2.25. The van der Waals surface area contributed by atoms with Gasteiger partial charge in [-0.2, -0.15) is 16.7 Å². The van der Waals surface area contributed by atoms with Crippen LogP contribution in [0.3, 0.4) is 0 Å². The molecule has 1 aliphatic heterocycles. The third kappa shape index (κ3) is 3.72. The first kappa shape index (κ1) is 13.9. The van der Waals surface area contributed by atoms with Crippen LogP contribution in [-0.2, 0) is 5.75 Å². The van der Waals surface area contributed by atoms with Crippen LogP contribution in [0.25, 0.3) is 0 Å². The van der Waals surface area contributed by atoms with E-state index in [1.165, 1.54) is 12.8 Å². The second-order valence-electron chi connectivity index (χ2n) is 5.21. The van der Waals surface area contributed by atoms with Crippen LogP contribution in [0.5, 0.6) is 0 Å². The summed E-state index contributed by atoms with van der Waals surface area (Å²) in [7, 11) is 0. The van der Waals surface area contributed by atoms with Gasteiger partial charge >= 0.3 is 0 Å². The molecule has 0 bridgehead atoms. The summed E-state index contributed by atoms with van der Waals surface area (Å²) in [6.45, 7) is 7.76. The van der Waals surface area contributed by atoms with Crippen LogP contribution >= 0.6 is 11.8 Å². The smallest absolute Gasteiger partial charge is 0.243 e. The maximum Gasteiger partial charge on any atom is 0.243 e. The van der Waals surface area contributed by atoms with Gasteiger partial charge < -0.3 is 9.84 Å². The van der Waals surface area contributed by atoms with Crippen LogP contribution < -0.4 is 5.32 Å². The van der Waals surface area contributed by atoms with E-state index in [9.17, 15) is 0 Å². The topological polar surface area (TPSA) is 51.0 Å². The van der Waals surface area contributed by atoms with E-state index in [2.05, 4.69) is 36.2 Å². The standard InChI is InChI=1S/C13H23N3OS/c1-4-10(3)18-8-12-15-13(17-16-12)11-7-9(2)5-6-14-11/h9-11,14H,4-8H2,1-3H3. The minimum Gasteiger partial charge on any atom is -0.338 e. The molecule has 102 valence electrons. The first-order chi connectivity index (χ1) is 8.69. The van der Waals surface area contributed by atoms with Crippen molar-refractivity contribution < 1.29 is 4.52 Å². The minimum absolute atomic E-state index is 0.253. The second-order valence-corrected chi connectivity index (χ2v) is 6.64. The number of rotatable bonds is 5. The maximum atomic E-state index is 5.38. The molecule has 1 aromatic heterocycles. The van der Waals surface area contributed by atoms with Crippen LogP contribution in [0.15, 0.2) is 4.52 Å². The molecule has 1 fully saturated rings. The fourth-order valence-electron chi connectivity index (χ4n) is 2.10. The van der Waals surface area contributed by atoms with Gasteiger partial charge in [-0.3, -0.25) is 0 Å². The van der Waals surface area contributed by atoms with Gasteiger partial charge in [0.05, 0.1) is 11.8 Å². The number of aromatic nitrogens is 2. The second kappa shape index (κ2) is 6.57. The quantitative estimate of drug-likeness (QED) is 0.890. The van der Waals surface area contributed by atoms with Crippen LogP contribution in [-0.4, -0.2) is 21.9 Å². The van der Waals surface area contributed by atoms with E-state index in [4.69, 9.17) is 4.52 Å². The summed E-state index contributed by atoms with van der Waals surface area (Å²) < 4.78 is 5.38. The highest BCUT2D eigenvalue weighted by Gasteiger charge is 2.24. The third-order valence-corrected chi connectivity index (χ3v) is 4.85. The highest BCUT2D eigenvalue weighted by Crippen LogP contribution is 2.26. The minimum atomic E-state index is 0.253. The normalized spacial score (nSPS) is 26.2. The van der Waals surface area contributed by atoms with E-state index in [0.717, 1.165) is 36.4 Å². The molecule has 0 spiro atoms. The molecule has 0 saturated carbocycles. The summed E-state index contributed by atoms with van der Waals surface area (Å²) in [6, 6.07) is 0.253. The molecular formula is C13H23N3OS. The Kier molecular flexibility index (Phi) is 5.06. The largest absolute Gasteiger partial charge is 0.338 e. The van der Waals surface area contributed by atoms with Crippen LogP contribution in [0.4, 0.5) is 0 Å². The van der Waals surface area contributed by atoms with E-state index < -0.39 is 0 Å². The molecule has 1 aromatic rings. The monoisotopic (exact) mass is 269 g/mol. The zero-order valence-corrected chi connectivity index (χ0v) is 12.3. The van der Waals surface area contributed by atoms with Gasteiger partial charge in [-0.25, -0.2) is 0 Å². The SMILES string of the molecule is CCC(C)SCc1noc(C2CC(C)CCN2)n1. The number of piperidine rings is 1. The van der Waals surface area contributed by atoms with Crippen molar-refractivity contribution in [3.05, 3.63) is 11.7 Å². The van der Waals surface area contributed by atoms with Crippen LogP contribution in [0.2, 0.25) is 0 Å². The Morgan fingerprint density at radius 1 is 1.56 bits per heavy atom. The third-order valence-electron chi connectivity index (χ3n) is 3.52. The first-order valence-electron chi connectivity index (χ1n) is 6.86. The number of nitrogens with one attached hydrogen (secondary N) is 1. The summed E-state index contributed by atoms with van der Waals surface area (Å²) in [5.74, 6) is 3.18. The van der Waals surface area contributed by atoms with Gasteiger partial charge in [0.1, 0.15) is 0 Å². The fourth-order valence-corrected chi connectivity index (χ4v) is 2.88. The molecule has 1 saturated heterocycles. The van der Waals surface area contributed by atoms with Gasteiger partial charge in [0, 0.05) is 5.25 Å². The van der Waals surface area contributed by atoms with Crippen molar-refractivity contribution in [2.24, 2.45) is 5.92 Å². The van der Waals surface area contributed by atoms with E-state index in [1.807, 2.05) is 11.8 Å². The summed E-state index contributed by atoms with van der Waals surface area (Å²) in [5.41, 5.74) is 0. The molecule has 2 rings (SSSR count). The molecule has 0 aromatic carbocycles.